The summed E-state index contributed by atoms with van der Waals surface area (Å²) in [6, 6.07) is 7.81. The summed E-state index contributed by atoms with van der Waals surface area (Å²) >= 11 is 0. The first-order valence-electron chi connectivity index (χ1n) is 8.50. The molecular weight excluding hydrogens is 332 g/mol. The van der Waals surface area contributed by atoms with Gasteiger partial charge in [0.05, 0.1) is 11.7 Å². The molecular formula is C18H20N6O2. The first-order chi connectivity index (χ1) is 12.6. The average Bonchev–Trinajstić information content (AvgIpc) is 3.21. The van der Waals surface area contributed by atoms with Crippen LogP contribution in [0, 0.1) is 0 Å². The summed E-state index contributed by atoms with van der Waals surface area (Å²) in [4.78, 5) is 27.1. The van der Waals surface area contributed by atoms with Crippen LogP contribution >= 0.6 is 0 Å². The first kappa shape index (κ1) is 16.3. The monoisotopic (exact) mass is 352 g/mol. The highest BCUT2D eigenvalue weighted by molar-refractivity contribution is 5.92. The quantitative estimate of drug-likeness (QED) is 0.709. The van der Waals surface area contributed by atoms with Gasteiger partial charge in [0.25, 0.3) is 5.91 Å². The molecule has 0 N–H and O–H groups in total. The third kappa shape index (κ3) is 2.94. The van der Waals surface area contributed by atoms with Crippen LogP contribution in [0.5, 0.6) is 0 Å². The van der Waals surface area contributed by atoms with Gasteiger partial charge in [0, 0.05) is 57.4 Å². The molecule has 0 unspecified atom stereocenters. The molecule has 3 heterocycles. The molecule has 134 valence electrons. The Kier molecular flexibility index (Phi) is 4.16. The fourth-order valence-electron chi connectivity index (χ4n) is 3.23. The maximum Gasteiger partial charge on any atom is 0.292 e. The summed E-state index contributed by atoms with van der Waals surface area (Å²) in [5, 5.41) is 4.63. The van der Waals surface area contributed by atoms with Crippen molar-refractivity contribution in [3.63, 3.8) is 0 Å². The molecule has 0 spiro atoms. The molecule has 0 saturated carbocycles. The SMILES string of the molecule is CN(C)c1ncnc2ccc(N3CCN(C(=O)c4ccno4)CC3)cc12. The average molecular weight is 352 g/mol. The number of aromatic nitrogens is 3. The number of hydrogen-bond acceptors (Lipinski definition) is 7. The summed E-state index contributed by atoms with van der Waals surface area (Å²) in [6.07, 6.45) is 3.08. The predicted molar refractivity (Wildman–Crippen MR) is 98.5 cm³/mol. The lowest BCUT2D eigenvalue weighted by molar-refractivity contribution is 0.0705. The van der Waals surface area contributed by atoms with Crippen molar-refractivity contribution in [1.29, 1.82) is 0 Å². The number of anilines is 2. The molecule has 2 aromatic heterocycles. The Labute approximate surface area is 151 Å². The molecule has 1 amide bonds. The van der Waals surface area contributed by atoms with Gasteiger partial charge in [0.1, 0.15) is 12.1 Å². The third-order valence-corrected chi connectivity index (χ3v) is 4.60. The molecule has 8 heteroatoms. The molecule has 0 radical (unpaired) electrons. The number of rotatable bonds is 3. The van der Waals surface area contributed by atoms with Gasteiger partial charge in [-0.15, -0.1) is 0 Å². The Bertz CT molecular complexity index is 917. The van der Waals surface area contributed by atoms with Gasteiger partial charge in [0.15, 0.2) is 0 Å². The van der Waals surface area contributed by atoms with Crippen molar-refractivity contribution >= 4 is 28.3 Å². The van der Waals surface area contributed by atoms with Crippen LogP contribution in [0.1, 0.15) is 10.6 Å². The minimum Gasteiger partial charge on any atom is -0.368 e. The summed E-state index contributed by atoms with van der Waals surface area (Å²) in [5.41, 5.74) is 2.04. The number of benzene rings is 1. The number of amides is 1. The summed E-state index contributed by atoms with van der Waals surface area (Å²) in [7, 11) is 3.95. The second-order valence-corrected chi connectivity index (χ2v) is 6.45. The van der Waals surface area contributed by atoms with Crippen LogP contribution in [0.2, 0.25) is 0 Å². The lowest BCUT2D eigenvalue weighted by Crippen LogP contribution is -2.48. The van der Waals surface area contributed by atoms with E-state index in [0.29, 0.717) is 13.1 Å². The van der Waals surface area contributed by atoms with Crippen LogP contribution in [-0.2, 0) is 0 Å². The minimum absolute atomic E-state index is 0.107. The normalized spacial score (nSPS) is 14.7. The van der Waals surface area contributed by atoms with Gasteiger partial charge in [-0.1, -0.05) is 5.16 Å². The molecule has 0 atom stereocenters. The Balaban J connectivity index is 1.52. The molecule has 0 aliphatic carbocycles. The number of fused-ring (bicyclic) bond motifs is 1. The van der Waals surface area contributed by atoms with E-state index >= 15 is 0 Å². The zero-order chi connectivity index (χ0) is 18.1. The highest BCUT2D eigenvalue weighted by atomic mass is 16.5. The topological polar surface area (TPSA) is 78.6 Å². The fraction of sp³-hybridized carbons (Fsp3) is 0.333. The van der Waals surface area contributed by atoms with Crippen molar-refractivity contribution in [2.75, 3.05) is 50.1 Å². The van der Waals surface area contributed by atoms with Gasteiger partial charge in [-0.3, -0.25) is 4.79 Å². The number of piperazine rings is 1. The van der Waals surface area contributed by atoms with Crippen LogP contribution in [0.4, 0.5) is 11.5 Å². The van der Waals surface area contributed by atoms with Crippen LogP contribution in [0.25, 0.3) is 10.9 Å². The standard InChI is InChI=1S/C18H20N6O2/c1-22(2)17-14-11-13(3-4-15(14)19-12-20-17)23-7-9-24(10-8-23)18(25)16-5-6-21-26-16/h3-6,11-12H,7-10H2,1-2H3. The van der Waals surface area contributed by atoms with E-state index < -0.39 is 0 Å². The van der Waals surface area contributed by atoms with Crippen molar-refractivity contribution in [3.8, 4) is 0 Å². The molecule has 0 bridgehead atoms. The molecule has 8 nitrogen and oxygen atoms in total. The van der Waals surface area contributed by atoms with E-state index in [9.17, 15) is 4.79 Å². The Hall–Kier alpha value is -3.16. The number of nitrogens with zero attached hydrogens (tertiary/aromatic N) is 6. The second kappa shape index (κ2) is 6.62. The fourth-order valence-corrected chi connectivity index (χ4v) is 3.23. The van der Waals surface area contributed by atoms with Crippen molar-refractivity contribution < 1.29 is 9.32 Å². The maximum absolute atomic E-state index is 12.4. The summed E-state index contributed by atoms with van der Waals surface area (Å²) in [6.45, 7) is 2.81. The Morgan fingerprint density at radius 1 is 1.12 bits per heavy atom. The van der Waals surface area contributed by atoms with Crippen molar-refractivity contribution in [2.45, 2.75) is 0 Å². The highest BCUT2D eigenvalue weighted by Gasteiger charge is 2.24. The van der Waals surface area contributed by atoms with E-state index in [1.807, 2.05) is 25.1 Å². The molecule has 1 saturated heterocycles. The Morgan fingerprint density at radius 2 is 1.92 bits per heavy atom. The number of carbonyl (C=O) groups excluding carboxylic acids is 1. The predicted octanol–water partition coefficient (Wildman–Crippen LogP) is 1.65. The molecule has 26 heavy (non-hydrogen) atoms. The van der Waals surface area contributed by atoms with Gasteiger partial charge < -0.3 is 19.2 Å². The van der Waals surface area contributed by atoms with E-state index in [0.717, 1.165) is 35.5 Å². The number of hydrogen-bond donors (Lipinski definition) is 0. The van der Waals surface area contributed by atoms with Crippen LogP contribution in [0.3, 0.4) is 0 Å². The summed E-state index contributed by atoms with van der Waals surface area (Å²) < 4.78 is 4.97. The smallest absolute Gasteiger partial charge is 0.292 e. The molecule has 1 fully saturated rings. The van der Waals surface area contributed by atoms with Gasteiger partial charge >= 0.3 is 0 Å². The van der Waals surface area contributed by atoms with E-state index in [2.05, 4.69) is 32.2 Å². The van der Waals surface area contributed by atoms with Crippen molar-refractivity contribution in [3.05, 3.63) is 42.5 Å². The van der Waals surface area contributed by atoms with Gasteiger partial charge in [-0.05, 0) is 18.2 Å². The zero-order valence-corrected chi connectivity index (χ0v) is 14.8. The van der Waals surface area contributed by atoms with Crippen molar-refractivity contribution in [2.24, 2.45) is 0 Å². The molecule has 4 rings (SSSR count). The lowest BCUT2D eigenvalue weighted by Gasteiger charge is -2.35. The minimum atomic E-state index is -0.107. The van der Waals surface area contributed by atoms with E-state index in [4.69, 9.17) is 4.52 Å². The second-order valence-electron chi connectivity index (χ2n) is 6.45. The van der Waals surface area contributed by atoms with Crippen molar-refractivity contribution in [1.82, 2.24) is 20.0 Å². The zero-order valence-electron chi connectivity index (χ0n) is 14.8. The van der Waals surface area contributed by atoms with Gasteiger partial charge in [0.2, 0.25) is 5.76 Å². The maximum atomic E-state index is 12.4. The van der Waals surface area contributed by atoms with Gasteiger partial charge in [-0.25, -0.2) is 9.97 Å². The molecule has 1 aliphatic rings. The first-order valence-corrected chi connectivity index (χ1v) is 8.50. The van der Waals surface area contributed by atoms with E-state index in [1.54, 1.807) is 17.3 Å². The molecule has 1 aromatic carbocycles. The van der Waals surface area contributed by atoms with Crippen LogP contribution in [0.15, 0.2) is 41.3 Å². The Morgan fingerprint density at radius 3 is 2.62 bits per heavy atom. The molecule has 3 aromatic rings. The van der Waals surface area contributed by atoms with Crippen LogP contribution in [-0.4, -0.2) is 66.2 Å². The largest absolute Gasteiger partial charge is 0.368 e. The highest BCUT2D eigenvalue weighted by Crippen LogP contribution is 2.27. The third-order valence-electron chi connectivity index (χ3n) is 4.60. The summed E-state index contributed by atoms with van der Waals surface area (Å²) in [5.74, 6) is 1.08. The molecule has 1 aliphatic heterocycles. The van der Waals surface area contributed by atoms with Crippen LogP contribution < -0.4 is 9.80 Å². The van der Waals surface area contributed by atoms with E-state index in [1.165, 1.54) is 6.20 Å². The number of carbonyl (C=O) groups is 1. The lowest BCUT2D eigenvalue weighted by atomic mass is 10.1. The van der Waals surface area contributed by atoms with E-state index in [-0.39, 0.29) is 11.7 Å². The van der Waals surface area contributed by atoms with Gasteiger partial charge in [-0.2, -0.15) is 0 Å².